The third kappa shape index (κ3) is 4.03. The van der Waals surface area contributed by atoms with E-state index in [-0.39, 0.29) is 0 Å². The number of nitrogens with two attached hydrogens (primary N) is 1. The van der Waals surface area contributed by atoms with E-state index in [0.717, 1.165) is 17.1 Å². The molecular formula is C19H23N3O. The predicted octanol–water partition coefficient (Wildman–Crippen LogP) is 3.70. The number of benzene rings is 2. The second kappa shape index (κ2) is 6.73. The van der Waals surface area contributed by atoms with Crippen LogP contribution in [0.4, 0.5) is 0 Å². The van der Waals surface area contributed by atoms with E-state index >= 15 is 0 Å². The van der Waals surface area contributed by atoms with Crippen molar-refractivity contribution < 1.29 is 4.74 Å². The van der Waals surface area contributed by atoms with Crippen molar-refractivity contribution in [2.75, 3.05) is 7.05 Å². The molecule has 1 saturated carbocycles. The van der Waals surface area contributed by atoms with Gasteiger partial charge in [-0.1, -0.05) is 30.3 Å². The highest BCUT2D eigenvalue weighted by molar-refractivity contribution is 5.78. The van der Waals surface area contributed by atoms with Gasteiger partial charge in [0.25, 0.3) is 0 Å². The highest BCUT2D eigenvalue weighted by Crippen LogP contribution is 2.27. The van der Waals surface area contributed by atoms with Gasteiger partial charge in [-0.05, 0) is 43.5 Å². The van der Waals surface area contributed by atoms with E-state index in [1.807, 2.05) is 49.5 Å². The summed E-state index contributed by atoms with van der Waals surface area (Å²) < 4.78 is 6.02. The van der Waals surface area contributed by atoms with Crippen LogP contribution < -0.4 is 10.5 Å². The first-order chi connectivity index (χ1) is 11.1. The number of ether oxygens (including phenoxy) is 1. The normalized spacial score (nSPS) is 14.6. The van der Waals surface area contributed by atoms with Crippen LogP contribution in [0.1, 0.15) is 24.0 Å². The molecule has 0 heterocycles. The number of aryl methyl sites for hydroxylation is 1. The zero-order valence-corrected chi connectivity index (χ0v) is 13.7. The Morgan fingerprint density at radius 3 is 2.74 bits per heavy atom. The van der Waals surface area contributed by atoms with Crippen LogP contribution in [0, 0.1) is 6.92 Å². The number of hydrogen-bond donors (Lipinski definition) is 1. The first-order valence-corrected chi connectivity index (χ1v) is 7.98. The fourth-order valence-electron chi connectivity index (χ4n) is 2.47. The summed E-state index contributed by atoms with van der Waals surface area (Å²) in [7, 11) is 2.01. The summed E-state index contributed by atoms with van der Waals surface area (Å²) in [5.74, 6) is 2.26. The molecule has 0 radical (unpaired) electrons. The van der Waals surface area contributed by atoms with Gasteiger partial charge in [-0.25, -0.2) is 4.99 Å². The van der Waals surface area contributed by atoms with Gasteiger partial charge in [0, 0.05) is 18.7 Å². The van der Waals surface area contributed by atoms with Gasteiger partial charge < -0.3 is 15.4 Å². The van der Waals surface area contributed by atoms with Gasteiger partial charge in [-0.2, -0.15) is 0 Å². The third-order valence-electron chi connectivity index (χ3n) is 4.06. The molecule has 2 N–H and O–H groups in total. The Morgan fingerprint density at radius 2 is 2.00 bits per heavy atom. The lowest BCUT2D eigenvalue weighted by molar-refractivity contribution is 0.473. The molecule has 23 heavy (non-hydrogen) atoms. The molecule has 0 atom stereocenters. The second-order valence-electron chi connectivity index (χ2n) is 6.04. The molecule has 1 aliphatic carbocycles. The van der Waals surface area contributed by atoms with Crippen molar-refractivity contribution >= 4 is 5.96 Å². The lowest BCUT2D eigenvalue weighted by Crippen LogP contribution is -2.35. The first kappa shape index (κ1) is 15.4. The lowest BCUT2D eigenvalue weighted by Gasteiger charge is -2.17. The van der Waals surface area contributed by atoms with E-state index in [2.05, 4.69) is 22.9 Å². The van der Waals surface area contributed by atoms with Crippen LogP contribution in [-0.2, 0) is 6.54 Å². The minimum absolute atomic E-state index is 0.519. The van der Waals surface area contributed by atoms with Gasteiger partial charge in [-0.3, -0.25) is 0 Å². The van der Waals surface area contributed by atoms with Gasteiger partial charge in [0.15, 0.2) is 5.96 Å². The quantitative estimate of drug-likeness (QED) is 0.677. The summed E-state index contributed by atoms with van der Waals surface area (Å²) in [5, 5.41) is 0. The van der Waals surface area contributed by atoms with E-state index in [0.29, 0.717) is 18.5 Å². The maximum absolute atomic E-state index is 6.06. The van der Waals surface area contributed by atoms with Crippen molar-refractivity contribution in [1.29, 1.82) is 0 Å². The summed E-state index contributed by atoms with van der Waals surface area (Å²) in [6.07, 6.45) is 2.42. The summed E-state index contributed by atoms with van der Waals surface area (Å²) in [4.78, 5) is 6.58. The first-order valence-electron chi connectivity index (χ1n) is 7.98. The molecule has 2 aromatic carbocycles. The van der Waals surface area contributed by atoms with E-state index in [4.69, 9.17) is 10.5 Å². The topological polar surface area (TPSA) is 50.9 Å². The van der Waals surface area contributed by atoms with Crippen molar-refractivity contribution in [2.24, 2.45) is 10.7 Å². The van der Waals surface area contributed by atoms with E-state index < -0.39 is 0 Å². The van der Waals surface area contributed by atoms with E-state index in [9.17, 15) is 0 Å². The number of hydrogen-bond acceptors (Lipinski definition) is 2. The minimum atomic E-state index is 0.519. The number of nitrogens with zero attached hydrogens (tertiary/aromatic N) is 2. The summed E-state index contributed by atoms with van der Waals surface area (Å²) >= 11 is 0. The molecule has 0 aromatic heterocycles. The average molecular weight is 309 g/mol. The van der Waals surface area contributed by atoms with Crippen molar-refractivity contribution in [3.8, 4) is 11.5 Å². The minimum Gasteiger partial charge on any atom is -0.457 e. The van der Waals surface area contributed by atoms with Gasteiger partial charge in [-0.15, -0.1) is 0 Å². The van der Waals surface area contributed by atoms with Crippen LogP contribution in [0.5, 0.6) is 11.5 Å². The molecule has 0 amide bonds. The van der Waals surface area contributed by atoms with Crippen molar-refractivity contribution in [3.63, 3.8) is 0 Å². The Balaban J connectivity index is 1.74. The maximum atomic E-state index is 6.06. The zero-order chi connectivity index (χ0) is 16.2. The number of aliphatic imine (C=N–C) groups is 1. The van der Waals surface area contributed by atoms with Crippen molar-refractivity contribution in [1.82, 2.24) is 4.90 Å². The number of rotatable bonds is 5. The SMILES string of the molecule is Cc1cccc(Oc2ccccc2CN=C(N)N(C)C2CC2)c1. The zero-order valence-electron chi connectivity index (χ0n) is 13.7. The number of guanidine groups is 1. The highest BCUT2D eigenvalue weighted by atomic mass is 16.5. The standard InChI is InChI=1S/C19H23N3O/c1-14-6-5-8-17(12-14)23-18-9-4-3-7-15(18)13-21-19(20)22(2)16-10-11-16/h3-9,12,16H,10-11,13H2,1-2H3,(H2,20,21). The summed E-state index contributed by atoms with van der Waals surface area (Å²) in [6.45, 7) is 2.57. The summed E-state index contributed by atoms with van der Waals surface area (Å²) in [6, 6.07) is 16.6. The molecule has 1 aliphatic rings. The molecule has 0 saturated heterocycles. The van der Waals surface area contributed by atoms with E-state index in [1.165, 1.54) is 18.4 Å². The molecule has 1 fully saturated rings. The lowest BCUT2D eigenvalue weighted by atomic mass is 10.2. The smallest absolute Gasteiger partial charge is 0.191 e. The molecule has 0 spiro atoms. The Morgan fingerprint density at radius 1 is 1.22 bits per heavy atom. The maximum Gasteiger partial charge on any atom is 0.191 e. The Kier molecular flexibility index (Phi) is 4.51. The Hall–Kier alpha value is -2.49. The van der Waals surface area contributed by atoms with Crippen molar-refractivity contribution in [2.45, 2.75) is 32.4 Å². The van der Waals surface area contributed by atoms with Gasteiger partial charge in [0.2, 0.25) is 0 Å². The van der Waals surface area contributed by atoms with Gasteiger partial charge in [0.05, 0.1) is 6.54 Å². The molecule has 0 unspecified atom stereocenters. The third-order valence-corrected chi connectivity index (χ3v) is 4.06. The van der Waals surface area contributed by atoms with E-state index in [1.54, 1.807) is 0 Å². The molecular weight excluding hydrogens is 286 g/mol. The van der Waals surface area contributed by atoms with Gasteiger partial charge in [0.1, 0.15) is 11.5 Å². The van der Waals surface area contributed by atoms with Crippen molar-refractivity contribution in [3.05, 3.63) is 59.7 Å². The Bertz CT molecular complexity index is 707. The summed E-state index contributed by atoms with van der Waals surface area (Å²) in [5.41, 5.74) is 8.27. The molecule has 120 valence electrons. The van der Waals surface area contributed by atoms with Crippen LogP contribution in [0.25, 0.3) is 0 Å². The van der Waals surface area contributed by atoms with Crippen LogP contribution in [-0.4, -0.2) is 23.9 Å². The Labute approximate surface area is 137 Å². The van der Waals surface area contributed by atoms with Gasteiger partial charge >= 0.3 is 0 Å². The molecule has 0 bridgehead atoms. The fraction of sp³-hybridized carbons (Fsp3) is 0.316. The molecule has 0 aliphatic heterocycles. The van der Waals surface area contributed by atoms with Crippen LogP contribution in [0.3, 0.4) is 0 Å². The van der Waals surface area contributed by atoms with Crippen LogP contribution >= 0.6 is 0 Å². The average Bonchev–Trinajstić information content (AvgIpc) is 3.38. The number of para-hydroxylation sites is 1. The van der Waals surface area contributed by atoms with Crippen LogP contribution in [0.2, 0.25) is 0 Å². The highest BCUT2D eigenvalue weighted by Gasteiger charge is 2.27. The molecule has 2 aromatic rings. The molecule has 4 heteroatoms. The second-order valence-corrected chi connectivity index (χ2v) is 6.04. The molecule has 3 rings (SSSR count). The predicted molar refractivity (Wildman–Crippen MR) is 93.8 cm³/mol. The monoisotopic (exact) mass is 309 g/mol. The molecule has 4 nitrogen and oxygen atoms in total. The largest absolute Gasteiger partial charge is 0.457 e. The fourth-order valence-corrected chi connectivity index (χ4v) is 2.47. The van der Waals surface area contributed by atoms with Crippen LogP contribution in [0.15, 0.2) is 53.5 Å².